The minimum Gasteiger partial charge on any atom is -0.287 e. The number of carbonyl (C=O) groups is 1. The van der Waals surface area contributed by atoms with Gasteiger partial charge in [0.25, 0.3) is 0 Å². The van der Waals surface area contributed by atoms with Gasteiger partial charge in [-0.15, -0.1) is 0 Å². The van der Waals surface area contributed by atoms with Crippen LogP contribution >= 0.6 is 0 Å². The second-order valence-electron chi connectivity index (χ2n) is 3.84. The highest BCUT2D eigenvalue weighted by Crippen LogP contribution is 2.12. The van der Waals surface area contributed by atoms with Crippen molar-refractivity contribution in [1.82, 2.24) is 9.78 Å². The lowest BCUT2D eigenvalue weighted by Crippen LogP contribution is -2.08. The Morgan fingerprint density at radius 3 is 2.76 bits per heavy atom. The van der Waals surface area contributed by atoms with E-state index in [0.29, 0.717) is 11.3 Å². The predicted octanol–water partition coefficient (Wildman–Crippen LogP) is 2.35. The summed E-state index contributed by atoms with van der Waals surface area (Å²) >= 11 is 0. The summed E-state index contributed by atoms with van der Waals surface area (Å²) in [6, 6.07) is 7.43. The van der Waals surface area contributed by atoms with Gasteiger partial charge in [0.05, 0.1) is 5.69 Å². The monoisotopic (exact) mass is 232 g/mol. The van der Waals surface area contributed by atoms with Crippen LogP contribution in [-0.2, 0) is 13.5 Å². The number of nitrogens with zero attached hydrogens (tertiary/aromatic N) is 2. The maximum absolute atomic E-state index is 13.0. The van der Waals surface area contributed by atoms with Crippen LogP contribution in [0.2, 0.25) is 0 Å². The van der Waals surface area contributed by atoms with Crippen molar-refractivity contribution >= 4 is 5.78 Å². The Bertz CT molecular complexity index is 560. The van der Waals surface area contributed by atoms with Crippen molar-refractivity contribution in [3.8, 4) is 0 Å². The highest BCUT2D eigenvalue weighted by Gasteiger charge is 2.15. The molecule has 0 saturated heterocycles. The first-order valence-corrected chi connectivity index (χ1v) is 5.45. The van der Waals surface area contributed by atoms with Crippen LogP contribution < -0.4 is 0 Å². The molecule has 0 aliphatic rings. The third kappa shape index (κ3) is 2.25. The van der Waals surface area contributed by atoms with Gasteiger partial charge >= 0.3 is 0 Å². The van der Waals surface area contributed by atoms with Crippen molar-refractivity contribution < 1.29 is 9.18 Å². The number of rotatable bonds is 3. The summed E-state index contributed by atoms with van der Waals surface area (Å²) in [7, 11) is 1.71. The van der Waals surface area contributed by atoms with Gasteiger partial charge in [-0.1, -0.05) is 19.1 Å². The molecule has 0 radical (unpaired) electrons. The fraction of sp³-hybridized carbons (Fsp3) is 0.231. The number of aromatic nitrogens is 2. The molecule has 0 N–H and O–H groups in total. The quantitative estimate of drug-likeness (QED) is 0.761. The van der Waals surface area contributed by atoms with Crippen molar-refractivity contribution in [3.63, 3.8) is 0 Å². The lowest BCUT2D eigenvalue weighted by molar-refractivity contribution is 0.103. The molecule has 1 aromatic carbocycles. The molecule has 0 amide bonds. The average Bonchev–Trinajstić information content (AvgIpc) is 2.69. The van der Waals surface area contributed by atoms with Crippen molar-refractivity contribution in [3.05, 3.63) is 53.1 Å². The number of benzene rings is 1. The van der Waals surface area contributed by atoms with Gasteiger partial charge in [0.1, 0.15) is 11.5 Å². The smallest absolute Gasteiger partial charge is 0.211 e. The topological polar surface area (TPSA) is 34.9 Å². The molecular formula is C13H13FN2O. The fourth-order valence-corrected chi connectivity index (χ4v) is 1.69. The summed E-state index contributed by atoms with van der Waals surface area (Å²) in [6.45, 7) is 1.97. The van der Waals surface area contributed by atoms with E-state index < -0.39 is 5.82 Å². The van der Waals surface area contributed by atoms with Gasteiger partial charge in [0.2, 0.25) is 5.78 Å². The fourth-order valence-electron chi connectivity index (χ4n) is 1.69. The number of hydrogen-bond acceptors (Lipinski definition) is 2. The zero-order valence-corrected chi connectivity index (χ0v) is 9.77. The van der Waals surface area contributed by atoms with Crippen LogP contribution in [0.4, 0.5) is 4.39 Å². The molecule has 1 heterocycles. The van der Waals surface area contributed by atoms with Gasteiger partial charge in [0.15, 0.2) is 0 Å². The van der Waals surface area contributed by atoms with E-state index in [4.69, 9.17) is 0 Å². The molecule has 0 spiro atoms. The molecule has 0 fully saturated rings. The highest BCUT2D eigenvalue weighted by molar-refractivity contribution is 6.07. The second kappa shape index (κ2) is 4.49. The van der Waals surface area contributed by atoms with E-state index in [1.807, 2.05) is 6.92 Å². The largest absolute Gasteiger partial charge is 0.287 e. The molecule has 4 heteroatoms. The van der Waals surface area contributed by atoms with Gasteiger partial charge in [-0.25, -0.2) is 4.39 Å². The van der Waals surface area contributed by atoms with Crippen LogP contribution in [0.3, 0.4) is 0 Å². The first-order valence-electron chi connectivity index (χ1n) is 5.45. The molecule has 0 aliphatic heterocycles. The maximum atomic E-state index is 13.0. The van der Waals surface area contributed by atoms with Gasteiger partial charge in [-0.05, 0) is 24.6 Å². The van der Waals surface area contributed by atoms with E-state index in [-0.39, 0.29) is 5.78 Å². The highest BCUT2D eigenvalue weighted by atomic mass is 19.1. The average molecular weight is 232 g/mol. The number of carbonyl (C=O) groups excluding carboxylic acids is 1. The first kappa shape index (κ1) is 11.5. The molecule has 2 rings (SSSR count). The lowest BCUT2D eigenvalue weighted by Gasteiger charge is -2.01. The van der Waals surface area contributed by atoms with E-state index >= 15 is 0 Å². The zero-order chi connectivity index (χ0) is 12.4. The van der Waals surface area contributed by atoms with E-state index in [2.05, 4.69) is 5.10 Å². The Hall–Kier alpha value is -1.97. The number of hydrogen-bond donors (Lipinski definition) is 0. The molecule has 0 saturated carbocycles. The van der Waals surface area contributed by atoms with Gasteiger partial charge in [-0.2, -0.15) is 5.10 Å². The summed E-state index contributed by atoms with van der Waals surface area (Å²) in [4.78, 5) is 12.1. The molecule has 17 heavy (non-hydrogen) atoms. The molecule has 3 nitrogen and oxygen atoms in total. The summed E-state index contributed by atoms with van der Waals surface area (Å²) in [6.07, 6.45) is 0.768. The molecule has 0 unspecified atom stereocenters. The molecule has 2 aromatic rings. The molecule has 0 atom stereocenters. The van der Waals surface area contributed by atoms with Gasteiger partial charge in [0, 0.05) is 12.6 Å². The van der Waals surface area contributed by atoms with Crippen molar-refractivity contribution in [2.75, 3.05) is 0 Å². The van der Waals surface area contributed by atoms with Crippen molar-refractivity contribution in [2.24, 2.45) is 7.05 Å². The lowest BCUT2D eigenvalue weighted by atomic mass is 10.1. The minimum atomic E-state index is -0.409. The van der Waals surface area contributed by atoms with Crippen LogP contribution in [0.25, 0.3) is 0 Å². The van der Waals surface area contributed by atoms with Gasteiger partial charge in [-0.3, -0.25) is 9.48 Å². The zero-order valence-electron chi connectivity index (χ0n) is 9.77. The summed E-state index contributed by atoms with van der Waals surface area (Å²) in [5, 5.41) is 4.20. The first-order chi connectivity index (χ1) is 8.11. The Labute approximate surface area is 98.9 Å². The van der Waals surface area contributed by atoms with Crippen LogP contribution in [0.1, 0.15) is 28.7 Å². The standard InChI is InChI=1S/C13H13FN2O/c1-3-11-8-12(16(2)15-11)13(17)9-5-4-6-10(14)7-9/h4-8H,3H2,1-2H3. The Kier molecular flexibility index (Phi) is 3.04. The Morgan fingerprint density at radius 1 is 1.41 bits per heavy atom. The van der Waals surface area contributed by atoms with Crippen molar-refractivity contribution in [2.45, 2.75) is 13.3 Å². The maximum Gasteiger partial charge on any atom is 0.211 e. The second-order valence-corrected chi connectivity index (χ2v) is 3.84. The third-order valence-corrected chi connectivity index (χ3v) is 2.61. The van der Waals surface area contributed by atoms with Gasteiger partial charge < -0.3 is 0 Å². The van der Waals surface area contributed by atoms with E-state index in [9.17, 15) is 9.18 Å². The molecular weight excluding hydrogens is 219 g/mol. The van der Waals surface area contributed by atoms with Crippen LogP contribution in [0.15, 0.2) is 30.3 Å². The number of halogens is 1. The Balaban J connectivity index is 2.40. The molecule has 0 aliphatic carbocycles. The van der Waals surface area contributed by atoms with Crippen LogP contribution in [0.5, 0.6) is 0 Å². The molecule has 88 valence electrons. The van der Waals surface area contributed by atoms with E-state index in [1.54, 1.807) is 19.2 Å². The summed E-state index contributed by atoms with van der Waals surface area (Å²) < 4.78 is 14.6. The molecule has 0 bridgehead atoms. The summed E-state index contributed by atoms with van der Waals surface area (Å²) in [5.41, 5.74) is 1.68. The van der Waals surface area contributed by atoms with E-state index in [1.165, 1.54) is 22.9 Å². The number of ketones is 1. The number of aryl methyl sites for hydroxylation is 2. The van der Waals surface area contributed by atoms with Crippen LogP contribution in [-0.4, -0.2) is 15.6 Å². The third-order valence-electron chi connectivity index (χ3n) is 2.61. The Morgan fingerprint density at radius 2 is 2.18 bits per heavy atom. The predicted molar refractivity (Wildman–Crippen MR) is 62.4 cm³/mol. The normalized spacial score (nSPS) is 10.5. The molecule has 1 aromatic heterocycles. The minimum absolute atomic E-state index is 0.209. The van der Waals surface area contributed by atoms with E-state index in [0.717, 1.165) is 12.1 Å². The SMILES string of the molecule is CCc1cc(C(=O)c2cccc(F)c2)n(C)n1. The summed E-state index contributed by atoms with van der Waals surface area (Å²) in [5.74, 6) is -0.618. The van der Waals surface area contributed by atoms with Crippen molar-refractivity contribution in [1.29, 1.82) is 0 Å². The van der Waals surface area contributed by atoms with Crippen LogP contribution in [0, 0.1) is 5.82 Å².